The van der Waals surface area contributed by atoms with Crippen LogP contribution < -0.4 is 10.2 Å². The summed E-state index contributed by atoms with van der Waals surface area (Å²) in [5, 5.41) is 9.92. The number of aryl methyl sites for hydroxylation is 1. The number of nitrogens with one attached hydrogen (secondary N) is 1. The number of ether oxygens (including phenoxy) is 1. The van der Waals surface area contributed by atoms with E-state index in [4.69, 9.17) is 4.74 Å². The number of methoxy groups -OCH3 is 1. The number of hydrogen-bond acceptors (Lipinski definition) is 7. The van der Waals surface area contributed by atoms with Crippen molar-refractivity contribution in [3.8, 4) is 11.4 Å². The van der Waals surface area contributed by atoms with Crippen LogP contribution in [0.5, 0.6) is 5.75 Å². The van der Waals surface area contributed by atoms with Gasteiger partial charge in [0.25, 0.3) is 0 Å². The molecule has 0 aliphatic heterocycles. The molecule has 0 spiro atoms. The van der Waals surface area contributed by atoms with Crippen molar-refractivity contribution in [2.45, 2.75) is 13.8 Å². The van der Waals surface area contributed by atoms with Crippen molar-refractivity contribution in [3.05, 3.63) is 66.4 Å². The maximum absolute atomic E-state index is 5.32. The Morgan fingerprint density at radius 2 is 1.96 bits per heavy atom. The highest BCUT2D eigenvalue weighted by Crippen LogP contribution is 2.26. The number of aromatic nitrogens is 5. The van der Waals surface area contributed by atoms with Gasteiger partial charge in [0, 0.05) is 24.0 Å². The van der Waals surface area contributed by atoms with Crippen LogP contribution in [-0.2, 0) is 0 Å². The molecule has 0 unspecified atom stereocenters. The fourth-order valence-electron chi connectivity index (χ4n) is 2.92. The third-order valence-corrected chi connectivity index (χ3v) is 4.37. The average Bonchev–Trinajstić information content (AvgIpc) is 3.10. The van der Waals surface area contributed by atoms with Gasteiger partial charge in [-0.15, -0.1) is 0 Å². The number of anilines is 1. The summed E-state index contributed by atoms with van der Waals surface area (Å²) in [7, 11) is 1.64. The van der Waals surface area contributed by atoms with Crippen molar-refractivity contribution in [2.75, 3.05) is 12.5 Å². The molecular formula is C20H19N7O. The molecule has 0 saturated carbocycles. The first kappa shape index (κ1) is 17.6. The SMILES string of the molecule is COc1cccc(-n2nc(C)c3c(N/N=C(\C)c4ccncc4)ncnc32)c1. The smallest absolute Gasteiger partial charge is 0.168 e. The summed E-state index contributed by atoms with van der Waals surface area (Å²) in [6.45, 7) is 3.85. The van der Waals surface area contributed by atoms with Crippen LogP contribution in [0.15, 0.2) is 60.2 Å². The first-order chi connectivity index (χ1) is 13.7. The summed E-state index contributed by atoms with van der Waals surface area (Å²) in [4.78, 5) is 12.8. The van der Waals surface area contributed by atoms with Gasteiger partial charge in [0.05, 0.1) is 29.6 Å². The Balaban J connectivity index is 1.74. The van der Waals surface area contributed by atoms with Gasteiger partial charge in [-0.1, -0.05) is 6.07 Å². The van der Waals surface area contributed by atoms with Crippen LogP contribution in [0, 0.1) is 6.92 Å². The van der Waals surface area contributed by atoms with Gasteiger partial charge in [-0.25, -0.2) is 14.6 Å². The van der Waals surface area contributed by atoms with Gasteiger partial charge in [0.1, 0.15) is 12.1 Å². The summed E-state index contributed by atoms with van der Waals surface area (Å²) in [5.74, 6) is 1.36. The molecule has 0 atom stereocenters. The Bertz CT molecular complexity index is 1150. The van der Waals surface area contributed by atoms with E-state index in [0.717, 1.165) is 33.8 Å². The lowest BCUT2D eigenvalue weighted by Gasteiger charge is -2.06. The topological polar surface area (TPSA) is 90.1 Å². The Kier molecular flexibility index (Phi) is 4.67. The highest BCUT2D eigenvalue weighted by atomic mass is 16.5. The molecule has 28 heavy (non-hydrogen) atoms. The minimum atomic E-state index is 0.602. The van der Waals surface area contributed by atoms with Gasteiger partial charge in [0.15, 0.2) is 11.5 Å². The standard InChI is InChI=1S/C20H19N7O/c1-13(15-7-9-21-10-8-15)24-25-19-18-14(2)26-27(20(18)23-12-22-19)16-5-4-6-17(11-16)28-3/h4-12H,1-3H3,(H,22,23,25)/b24-13+. The normalized spacial score (nSPS) is 11.6. The number of nitrogens with zero attached hydrogens (tertiary/aromatic N) is 6. The van der Waals surface area contributed by atoms with E-state index < -0.39 is 0 Å². The summed E-state index contributed by atoms with van der Waals surface area (Å²) in [6, 6.07) is 11.5. The molecule has 3 heterocycles. The van der Waals surface area contributed by atoms with Crippen molar-refractivity contribution in [1.29, 1.82) is 0 Å². The highest BCUT2D eigenvalue weighted by molar-refractivity contribution is 5.99. The predicted octanol–water partition coefficient (Wildman–Crippen LogP) is 3.36. The van der Waals surface area contributed by atoms with Crippen molar-refractivity contribution in [2.24, 2.45) is 5.10 Å². The lowest BCUT2D eigenvalue weighted by molar-refractivity contribution is 0.414. The van der Waals surface area contributed by atoms with Crippen molar-refractivity contribution >= 4 is 22.6 Å². The molecule has 0 saturated heterocycles. The average molecular weight is 373 g/mol. The van der Waals surface area contributed by atoms with Gasteiger partial charge in [-0.2, -0.15) is 10.2 Å². The summed E-state index contributed by atoms with van der Waals surface area (Å²) in [5.41, 5.74) is 7.22. The number of hydrazone groups is 1. The van der Waals surface area contributed by atoms with Crippen LogP contribution in [-0.4, -0.2) is 37.6 Å². The van der Waals surface area contributed by atoms with Crippen LogP contribution in [0.4, 0.5) is 5.82 Å². The second-order valence-corrected chi connectivity index (χ2v) is 6.16. The minimum Gasteiger partial charge on any atom is -0.497 e. The number of rotatable bonds is 5. The molecule has 0 amide bonds. The van der Waals surface area contributed by atoms with Crippen LogP contribution in [0.3, 0.4) is 0 Å². The molecule has 4 rings (SSSR count). The maximum Gasteiger partial charge on any atom is 0.168 e. The number of hydrogen-bond donors (Lipinski definition) is 1. The molecule has 0 aliphatic carbocycles. The quantitative estimate of drug-likeness (QED) is 0.426. The zero-order valence-electron chi connectivity index (χ0n) is 15.8. The Morgan fingerprint density at radius 1 is 1.14 bits per heavy atom. The lowest BCUT2D eigenvalue weighted by atomic mass is 10.2. The van der Waals surface area contributed by atoms with E-state index in [1.165, 1.54) is 6.33 Å². The van der Waals surface area contributed by atoms with E-state index in [2.05, 4.69) is 30.6 Å². The van der Waals surface area contributed by atoms with Crippen LogP contribution in [0.25, 0.3) is 16.7 Å². The Hall–Kier alpha value is -3.81. The van der Waals surface area contributed by atoms with Gasteiger partial charge in [0.2, 0.25) is 0 Å². The zero-order chi connectivity index (χ0) is 19.5. The third kappa shape index (κ3) is 3.27. The number of fused-ring (bicyclic) bond motifs is 1. The molecule has 1 N–H and O–H groups in total. The molecule has 8 nitrogen and oxygen atoms in total. The maximum atomic E-state index is 5.32. The third-order valence-electron chi connectivity index (χ3n) is 4.37. The van der Waals surface area contributed by atoms with E-state index >= 15 is 0 Å². The molecule has 4 aromatic rings. The molecule has 8 heteroatoms. The fourth-order valence-corrected chi connectivity index (χ4v) is 2.92. The van der Waals surface area contributed by atoms with Gasteiger partial charge in [-0.3, -0.25) is 10.4 Å². The molecule has 3 aromatic heterocycles. The summed E-state index contributed by atoms with van der Waals surface area (Å²) >= 11 is 0. The molecule has 1 aromatic carbocycles. The molecule has 140 valence electrons. The van der Waals surface area contributed by atoms with E-state index in [-0.39, 0.29) is 0 Å². The molecule has 0 bridgehead atoms. The Morgan fingerprint density at radius 3 is 2.75 bits per heavy atom. The van der Waals surface area contributed by atoms with Gasteiger partial charge < -0.3 is 4.74 Å². The molecule has 0 radical (unpaired) electrons. The molecule has 0 fully saturated rings. The number of benzene rings is 1. The molecular weight excluding hydrogens is 354 g/mol. The number of pyridine rings is 1. The summed E-state index contributed by atoms with van der Waals surface area (Å²) < 4.78 is 7.09. The van der Waals surface area contributed by atoms with Crippen LogP contribution in [0.2, 0.25) is 0 Å². The van der Waals surface area contributed by atoms with Crippen molar-refractivity contribution < 1.29 is 4.74 Å². The fraction of sp³-hybridized carbons (Fsp3) is 0.150. The van der Waals surface area contributed by atoms with E-state index in [1.807, 2.05) is 50.2 Å². The lowest BCUT2D eigenvalue weighted by Crippen LogP contribution is -2.02. The van der Waals surface area contributed by atoms with E-state index in [1.54, 1.807) is 24.2 Å². The van der Waals surface area contributed by atoms with Gasteiger partial charge in [-0.05, 0) is 38.1 Å². The van der Waals surface area contributed by atoms with Gasteiger partial charge >= 0.3 is 0 Å². The second-order valence-electron chi connectivity index (χ2n) is 6.16. The molecule has 0 aliphatic rings. The van der Waals surface area contributed by atoms with Crippen LogP contribution in [0.1, 0.15) is 18.2 Å². The first-order valence-electron chi connectivity index (χ1n) is 8.73. The first-order valence-corrected chi connectivity index (χ1v) is 8.73. The predicted molar refractivity (Wildman–Crippen MR) is 108 cm³/mol. The van der Waals surface area contributed by atoms with E-state index in [9.17, 15) is 0 Å². The van der Waals surface area contributed by atoms with Crippen molar-refractivity contribution in [3.63, 3.8) is 0 Å². The van der Waals surface area contributed by atoms with E-state index in [0.29, 0.717) is 11.5 Å². The second kappa shape index (κ2) is 7.43. The zero-order valence-corrected chi connectivity index (χ0v) is 15.8. The largest absolute Gasteiger partial charge is 0.497 e. The van der Waals surface area contributed by atoms with Crippen LogP contribution >= 0.6 is 0 Å². The highest BCUT2D eigenvalue weighted by Gasteiger charge is 2.15. The minimum absolute atomic E-state index is 0.602. The van der Waals surface area contributed by atoms with Crippen molar-refractivity contribution in [1.82, 2.24) is 24.7 Å². The Labute approximate surface area is 161 Å². The summed E-state index contributed by atoms with van der Waals surface area (Å²) in [6.07, 6.45) is 4.97. The monoisotopic (exact) mass is 373 g/mol.